The Labute approximate surface area is 255 Å². The number of nitrogens with two attached hydrogens (primary N) is 1. The third-order valence-corrected chi connectivity index (χ3v) is 9.80. The Bertz CT molecular complexity index is 1590. The zero-order valence-corrected chi connectivity index (χ0v) is 24.8. The number of hydrogen-bond donors (Lipinski definition) is 6. The quantitative estimate of drug-likeness (QED) is 0.212. The first-order valence-electron chi connectivity index (χ1n) is 15.0. The molecule has 1 fully saturated rings. The van der Waals surface area contributed by atoms with Gasteiger partial charge in [-0.2, -0.15) is 0 Å². The predicted octanol–water partition coefficient (Wildman–Crippen LogP) is 2.20. The predicted molar refractivity (Wildman–Crippen MR) is 162 cm³/mol. The van der Waals surface area contributed by atoms with Gasteiger partial charge in [-0.05, 0) is 69.0 Å². The molecule has 4 atom stereocenters. The number of benzene rings is 2. The lowest BCUT2D eigenvalue weighted by atomic mass is 9.58. The highest BCUT2D eigenvalue weighted by Crippen LogP contribution is 2.53. The molecule has 1 saturated heterocycles. The van der Waals surface area contributed by atoms with Crippen LogP contribution in [0.4, 0.5) is 5.69 Å². The third kappa shape index (κ3) is 4.66. The normalized spacial score (nSPS) is 27.7. The van der Waals surface area contributed by atoms with Gasteiger partial charge in [-0.1, -0.05) is 30.3 Å². The Balaban J connectivity index is 1.30. The molecule has 1 heterocycles. The monoisotopic (exact) mass is 602 g/mol. The van der Waals surface area contributed by atoms with Crippen LogP contribution in [0.3, 0.4) is 0 Å². The third-order valence-electron chi connectivity index (χ3n) is 9.80. The summed E-state index contributed by atoms with van der Waals surface area (Å²) in [6.07, 6.45) is 2.08. The molecule has 2 aromatic rings. The summed E-state index contributed by atoms with van der Waals surface area (Å²) in [7, 11) is 3.22. The number of amides is 1. The molecule has 11 heteroatoms. The number of piperidine rings is 1. The van der Waals surface area contributed by atoms with Gasteiger partial charge in [0.05, 0.1) is 11.6 Å². The van der Waals surface area contributed by atoms with E-state index in [4.69, 9.17) is 5.73 Å². The molecule has 0 bridgehead atoms. The van der Waals surface area contributed by atoms with Gasteiger partial charge in [0.1, 0.15) is 22.8 Å². The molecule has 4 aliphatic rings. The fourth-order valence-electron chi connectivity index (χ4n) is 7.68. The highest BCUT2D eigenvalue weighted by Gasteiger charge is 2.63. The van der Waals surface area contributed by atoms with Gasteiger partial charge in [-0.25, -0.2) is 0 Å². The van der Waals surface area contributed by atoms with Crippen LogP contribution in [0.1, 0.15) is 40.7 Å². The molecule has 6 rings (SSSR count). The summed E-state index contributed by atoms with van der Waals surface area (Å²) in [4.78, 5) is 43.5. The van der Waals surface area contributed by atoms with Crippen LogP contribution in [0.25, 0.3) is 0 Å². The average Bonchev–Trinajstić information content (AvgIpc) is 2.97. The second kappa shape index (κ2) is 11.1. The van der Waals surface area contributed by atoms with Crippen molar-refractivity contribution in [3.8, 4) is 5.75 Å². The number of aliphatic hydroxyl groups excluding tert-OH is 2. The molecule has 7 N–H and O–H groups in total. The number of carbonyl (C=O) groups is 3. The van der Waals surface area contributed by atoms with E-state index in [0.29, 0.717) is 5.56 Å². The maximum Gasteiger partial charge on any atom is 0.255 e. The molecule has 0 radical (unpaired) electrons. The van der Waals surface area contributed by atoms with E-state index in [1.165, 1.54) is 11.6 Å². The van der Waals surface area contributed by atoms with Gasteiger partial charge >= 0.3 is 0 Å². The summed E-state index contributed by atoms with van der Waals surface area (Å²) in [6, 6.07) is 12.6. The molecule has 3 aliphatic carbocycles. The number of likely N-dealkylation sites (N-methyl/N-ethyl adjacent to an activating group) is 1. The minimum atomic E-state index is -2.65. The van der Waals surface area contributed by atoms with Crippen LogP contribution < -0.4 is 11.1 Å². The molecular weight excluding hydrogens is 564 g/mol. The van der Waals surface area contributed by atoms with E-state index in [2.05, 4.69) is 22.3 Å². The zero-order chi connectivity index (χ0) is 31.5. The first kappa shape index (κ1) is 29.9. The maximum atomic E-state index is 14.0. The minimum absolute atomic E-state index is 0.0114. The van der Waals surface area contributed by atoms with Crippen molar-refractivity contribution >= 4 is 23.2 Å². The van der Waals surface area contributed by atoms with Crippen molar-refractivity contribution in [2.24, 2.45) is 17.6 Å². The number of Topliss-reactive ketones (excluding diaryl/α,β-unsaturated/α-hetero) is 2. The van der Waals surface area contributed by atoms with Crippen LogP contribution >= 0.6 is 0 Å². The second-order valence-corrected chi connectivity index (χ2v) is 12.6. The molecule has 2 aromatic carbocycles. The van der Waals surface area contributed by atoms with Gasteiger partial charge in [-0.15, -0.1) is 0 Å². The van der Waals surface area contributed by atoms with Crippen LogP contribution in [-0.4, -0.2) is 92.6 Å². The number of likely N-dealkylation sites (tertiary alicyclic amines) is 1. The van der Waals surface area contributed by atoms with E-state index in [-0.39, 0.29) is 35.8 Å². The number of primary amides is 1. The van der Waals surface area contributed by atoms with E-state index in [9.17, 15) is 34.8 Å². The topological polar surface area (TPSA) is 177 Å². The van der Waals surface area contributed by atoms with Crippen molar-refractivity contribution in [2.75, 3.05) is 32.5 Å². The van der Waals surface area contributed by atoms with E-state index in [1.54, 1.807) is 25.1 Å². The number of carbonyl (C=O) groups excluding carboxylic acids is 3. The number of aromatic hydroxyl groups is 1. The number of aliphatic hydroxyl groups is 3. The Morgan fingerprint density at radius 2 is 1.75 bits per heavy atom. The van der Waals surface area contributed by atoms with Crippen molar-refractivity contribution < 1.29 is 34.8 Å². The Kier molecular flexibility index (Phi) is 7.51. The smallest absolute Gasteiger partial charge is 0.255 e. The number of hydrogen-bond acceptors (Lipinski definition) is 10. The van der Waals surface area contributed by atoms with E-state index in [1.807, 2.05) is 18.2 Å². The number of rotatable bonds is 6. The lowest BCUT2D eigenvalue weighted by Crippen LogP contribution is -2.63. The average molecular weight is 603 g/mol. The zero-order valence-electron chi connectivity index (χ0n) is 24.8. The van der Waals surface area contributed by atoms with E-state index >= 15 is 0 Å². The molecule has 0 spiro atoms. The number of ketones is 2. The summed E-state index contributed by atoms with van der Waals surface area (Å²) in [6.45, 7) is 2.69. The highest BCUT2D eigenvalue weighted by atomic mass is 16.3. The number of phenols is 1. The van der Waals surface area contributed by atoms with Gasteiger partial charge < -0.3 is 31.5 Å². The molecule has 44 heavy (non-hydrogen) atoms. The summed E-state index contributed by atoms with van der Waals surface area (Å²) in [5, 5.41) is 48.6. The molecular formula is C33H38N4O7. The molecule has 11 nitrogen and oxygen atoms in total. The Morgan fingerprint density at radius 1 is 1.07 bits per heavy atom. The summed E-state index contributed by atoms with van der Waals surface area (Å²) in [5.74, 6) is -6.56. The van der Waals surface area contributed by atoms with Gasteiger partial charge in [0, 0.05) is 42.9 Å². The molecule has 0 aromatic heterocycles. The number of allylic oxidation sites excluding steroid dienone is 1. The Morgan fingerprint density at radius 3 is 2.39 bits per heavy atom. The van der Waals surface area contributed by atoms with Gasteiger partial charge in [0.15, 0.2) is 11.4 Å². The number of nitrogens with zero attached hydrogens (tertiary/aromatic N) is 2. The van der Waals surface area contributed by atoms with Crippen LogP contribution in [-0.2, 0) is 22.6 Å². The SMILES string of the molecule is CN(C)[C@@H]1C(O)=C(C(N)=O)C(=O)[C@@]2(O)C(O)=C3C(=O)c4c(O)ccc(NC5CCN(Cc6ccccc6)CC5)c4C[C@@H]3C[C@H]12. The van der Waals surface area contributed by atoms with Crippen LogP contribution in [0.15, 0.2) is 65.1 Å². The first-order chi connectivity index (χ1) is 20.9. The number of anilines is 1. The molecule has 232 valence electrons. The molecule has 0 unspecified atom stereocenters. The molecule has 1 amide bonds. The number of fused-ring (bicyclic) bond motifs is 3. The number of phenolic OH excluding ortho intramolecular Hbond substituents is 1. The Hall–Kier alpha value is -4.19. The number of nitrogens with one attached hydrogen (secondary N) is 1. The van der Waals surface area contributed by atoms with Crippen molar-refractivity contribution in [2.45, 2.75) is 49.9 Å². The maximum absolute atomic E-state index is 14.0. The fraction of sp³-hybridized carbons (Fsp3) is 0.424. The second-order valence-electron chi connectivity index (χ2n) is 12.6. The lowest BCUT2D eigenvalue weighted by Gasteiger charge is -2.50. The van der Waals surface area contributed by atoms with Crippen LogP contribution in [0, 0.1) is 11.8 Å². The van der Waals surface area contributed by atoms with E-state index in [0.717, 1.165) is 38.2 Å². The summed E-state index contributed by atoms with van der Waals surface area (Å²) >= 11 is 0. The standard InChI is InChI=1S/C33H38N4O7/c1-36(2)27-21-15-18-14-20-22(35-19-10-12-37(13-11-19)16-17-6-4-3-5-7-17)8-9-23(38)25(20)28(39)24(18)30(41)33(21,44)31(42)26(29(27)40)32(34)43/h3-9,18-19,21,27,35,38,40-41,44H,10-16H2,1-2H3,(H2,34,43)/t18-,21-,27+,33+/m1/s1. The minimum Gasteiger partial charge on any atom is -0.510 e. The van der Waals surface area contributed by atoms with Crippen molar-refractivity contribution in [1.29, 1.82) is 0 Å². The van der Waals surface area contributed by atoms with Crippen LogP contribution in [0.2, 0.25) is 0 Å². The van der Waals surface area contributed by atoms with Crippen molar-refractivity contribution in [3.63, 3.8) is 0 Å². The van der Waals surface area contributed by atoms with Gasteiger partial charge in [0.25, 0.3) is 5.91 Å². The first-order valence-corrected chi connectivity index (χ1v) is 15.0. The summed E-state index contributed by atoms with van der Waals surface area (Å²) in [5.41, 5.74) is 4.37. The summed E-state index contributed by atoms with van der Waals surface area (Å²) < 4.78 is 0. The molecule has 1 aliphatic heterocycles. The van der Waals surface area contributed by atoms with Crippen molar-refractivity contribution in [3.05, 3.63) is 81.8 Å². The fourth-order valence-corrected chi connectivity index (χ4v) is 7.68. The lowest BCUT2D eigenvalue weighted by molar-refractivity contribution is -0.148. The largest absolute Gasteiger partial charge is 0.510 e. The highest BCUT2D eigenvalue weighted by molar-refractivity contribution is 6.24. The van der Waals surface area contributed by atoms with Crippen LogP contribution in [0.5, 0.6) is 5.75 Å². The van der Waals surface area contributed by atoms with Gasteiger partial charge in [-0.3, -0.25) is 24.2 Å². The van der Waals surface area contributed by atoms with Gasteiger partial charge in [0.2, 0.25) is 5.78 Å². The van der Waals surface area contributed by atoms with Crippen molar-refractivity contribution in [1.82, 2.24) is 9.80 Å². The van der Waals surface area contributed by atoms with E-state index < -0.39 is 58.0 Å². The molecule has 0 saturated carbocycles.